The number of rotatable bonds is 10. The molecule has 0 radical (unpaired) electrons. The van der Waals surface area contributed by atoms with Crippen molar-refractivity contribution in [2.75, 3.05) is 10.8 Å². The maximum Gasteiger partial charge on any atom is 0.264 e. The van der Waals surface area contributed by atoms with Gasteiger partial charge in [0.2, 0.25) is 11.8 Å². The van der Waals surface area contributed by atoms with Crippen molar-refractivity contribution in [1.82, 2.24) is 10.2 Å². The predicted molar refractivity (Wildman–Crippen MR) is 156 cm³/mol. The number of benzene rings is 3. The molecule has 7 nitrogen and oxygen atoms in total. The number of halogens is 1. The lowest BCUT2D eigenvalue weighted by atomic mass is 10.1. The minimum atomic E-state index is -4.16. The minimum Gasteiger partial charge on any atom is -0.352 e. The van der Waals surface area contributed by atoms with E-state index in [0.29, 0.717) is 16.3 Å². The van der Waals surface area contributed by atoms with Crippen LogP contribution in [0.4, 0.5) is 5.69 Å². The summed E-state index contributed by atoms with van der Waals surface area (Å²) in [4.78, 5) is 28.5. The third-order valence-corrected chi connectivity index (χ3v) is 8.61. The van der Waals surface area contributed by atoms with Gasteiger partial charge in [-0.05, 0) is 76.9 Å². The van der Waals surface area contributed by atoms with Crippen molar-refractivity contribution in [2.24, 2.45) is 0 Å². The Morgan fingerprint density at radius 1 is 0.897 bits per heavy atom. The number of hydrogen-bond donors (Lipinski definition) is 1. The molecule has 0 bridgehead atoms. The summed E-state index contributed by atoms with van der Waals surface area (Å²) in [5.41, 5.74) is 3.58. The van der Waals surface area contributed by atoms with Gasteiger partial charge < -0.3 is 10.2 Å². The third kappa shape index (κ3) is 7.40. The molecule has 0 spiro atoms. The van der Waals surface area contributed by atoms with Crippen LogP contribution in [0, 0.1) is 20.8 Å². The standard InChI is InChI=1S/C30H36ClN3O4S/c1-20(2)32-30(36)24(6)33(18-25-10-7-9-22(4)17-25)29(35)19-34(28-12-8-11-27(31)23(28)5)39(37,38)26-15-13-21(3)14-16-26/h7-17,20,24H,18-19H2,1-6H3,(H,32,36)/t24-/m0/s1. The van der Waals surface area contributed by atoms with E-state index in [1.807, 2.05) is 52.0 Å². The number of amides is 2. The molecule has 2 amide bonds. The fourth-order valence-corrected chi connectivity index (χ4v) is 5.85. The zero-order chi connectivity index (χ0) is 28.9. The molecular weight excluding hydrogens is 534 g/mol. The summed E-state index contributed by atoms with van der Waals surface area (Å²) < 4.78 is 29.0. The van der Waals surface area contributed by atoms with Gasteiger partial charge in [-0.25, -0.2) is 8.42 Å². The molecule has 3 aromatic rings. The summed E-state index contributed by atoms with van der Waals surface area (Å²) >= 11 is 6.37. The van der Waals surface area contributed by atoms with E-state index in [1.165, 1.54) is 17.0 Å². The highest BCUT2D eigenvalue weighted by Gasteiger charge is 2.33. The van der Waals surface area contributed by atoms with E-state index in [2.05, 4.69) is 5.32 Å². The lowest BCUT2D eigenvalue weighted by molar-refractivity contribution is -0.139. The average molecular weight is 570 g/mol. The molecule has 0 aliphatic carbocycles. The third-order valence-electron chi connectivity index (χ3n) is 6.43. The fraction of sp³-hybridized carbons (Fsp3) is 0.333. The summed E-state index contributed by atoms with van der Waals surface area (Å²) in [6.45, 7) is 10.5. The van der Waals surface area contributed by atoms with Crippen LogP contribution >= 0.6 is 11.6 Å². The maximum absolute atomic E-state index is 14.0. The molecule has 1 atom stereocenters. The molecule has 3 rings (SSSR count). The first-order valence-corrected chi connectivity index (χ1v) is 14.6. The molecule has 0 saturated carbocycles. The SMILES string of the molecule is Cc1ccc(S(=O)(=O)N(CC(=O)N(Cc2cccc(C)c2)[C@@H](C)C(=O)NC(C)C)c2cccc(Cl)c2C)cc1. The quantitative estimate of drug-likeness (QED) is 0.354. The molecule has 0 unspecified atom stereocenters. The molecule has 0 saturated heterocycles. The summed E-state index contributed by atoms with van der Waals surface area (Å²) in [5, 5.41) is 3.24. The second-order valence-electron chi connectivity index (χ2n) is 10.1. The Kier molecular flexibility index (Phi) is 9.80. The van der Waals surface area contributed by atoms with Crippen molar-refractivity contribution in [2.45, 2.75) is 65.1 Å². The van der Waals surface area contributed by atoms with Crippen LogP contribution in [0.25, 0.3) is 0 Å². The zero-order valence-electron chi connectivity index (χ0n) is 23.2. The van der Waals surface area contributed by atoms with Gasteiger partial charge in [0.05, 0.1) is 10.6 Å². The largest absolute Gasteiger partial charge is 0.352 e. The topological polar surface area (TPSA) is 86.8 Å². The minimum absolute atomic E-state index is 0.0520. The van der Waals surface area contributed by atoms with E-state index in [4.69, 9.17) is 11.6 Å². The van der Waals surface area contributed by atoms with Crippen molar-refractivity contribution in [3.05, 3.63) is 94.0 Å². The van der Waals surface area contributed by atoms with Gasteiger partial charge >= 0.3 is 0 Å². The Morgan fingerprint density at radius 2 is 1.54 bits per heavy atom. The highest BCUT2D eigenvalue weighted by atomic mass is 35.5. The maximum atomic E-state index is 14.0. The van der Waals surface area contributed by atoms with Gasteiger partial charge in [0.25, 0.3) is 10.0 Å². The number of hydrogen-bond acceptors (Lipinski definition) is 4. The highest BCUT2D eigenvalue weighted by Crippen LogP contribution is 2.31. The number of anilines is 1. The Hall–Kier alpha value is -3.36. The molecule has 0 aliphatic heterocycles. The summed E-state index contributed by atoms with van der Waals surface area (Å²) in [6, 6.07) is 18.1. The lowest BCUT2D eigenvalue weighted by Crippen LogP contribution is -2.52. The lowest BCUT2D eigenvalue weighted by Gasteiger charge is -2.33. The second kappa shape index (κ2) is 12.7. The average Bonchev–Trinajstić information content (AvgIpc) is 2.87. The van der Waals surface area contributed by atoms with Crippen molar-refractivity contribution >= 4 is 39.1 Å². The number of nitrogens with zero attached hydrogens (tertiary/aromatic N) is 2. The first-order chi connectivity index (χ1) is 18.3. The molecule has 0 fully saturated rings. The smallest absolute Gasteiger partial charge is 0.264 e. The first-order valence-electron chi connectivity index (χ1n) is 12.8. The number of carbonyl (C=O) groups excluding carboxylic acids is 2. The molecule has 208 valence electrons. The molecule has 1 N–H and O–H groups in total. The van der Waals surface area contributed by atoms with E-state index in [9.17, 15) is 18.0 Å². The number of carbonyl (C=O) groups is 2. The fourth-order valence-electron chi connectivity index (χ4n) is 4.21. The van der Waals surface area contributed by atoms with Crippen LogP contribution < -0.4 is 9.62 Å². The number of sulfonamides is 1. The Labute approximate surface area is 236 Å². The van der Waals surface area contributed by atoms with Crippen molar-refractivity contribution < 1.29 is 18.0 Å². The molecule has 0 aromatic heterocycles. The molecule has 39 heavy (non-hydrogen) atoms. The van der Waals surface area contributed by atoms with E-state index in [1.54, 1.807) is 44.2 Å². The van der Waals surface area contributed by atoms with Gasteiger partial charge in [0, 0.05) is 17.6 Å². The van der Waals surface area contributed by atoms with Crippen LogP contribution in [0.3, 0.4) is 0 Å². The summed E-state index contributed by atoms with van der Waals surface area (Å²) in [5.74, 6) is -0.837. The second-order valence-corrected chi connectivity index (χ2v) is 12.3. The van der Waals surface area contributed by atoms with Gasteiger partial charge in [-0.15, -0.1) is 0 Å². The van der Waals surface area contributed by atoms with Crippen LogP contribution in [-0.2, 0) is 26.2 Å². The van der Waals surface area contributed by atoms with Crippen LogP contribution in [-0.4, -0.2) is 43.8 Å². The monoisotopic (exact) mass is 569 g/mol. The number of aryl methyl sites for hydroxylation is 2. The highest BCUT2D eigenvalue weighted by molar-refractivity contribution is 7.92. The van der Waals surface area contributed by atoms with Gasteiger partial charge in [-0.2, -0.15) is 0 Å². The van der Waals surface area contributed by atoms with Crippen molar-refractivity contribution in [3.8, 4) is 0 Å². The molecular formula is C30H36ClN3O4S. The van der Waals surface area contributed by atoms with Gasteiger partial charge in [0.1, 0.15) is 12.6 Å². The summed E-state index contributed by atoms with van der Waals surface area (Å²) in [7, 11) is -4.16. The number of nitrogens with one attached hydrogen (secondary N) is 1. The molecule has 0 heterocycles. The van der Waals surface area contributed by atoms with E-state index >= 15 is 0 Å². The van der Waals surface area contributed by atoms with Crippen molar-refractivity contribution in [3.63, 3.8) is 0 Å². The van der Waals surface area contributed by atoms with Crippen LogP contribution in [0.2, 0.25) is 5.02 Å². The predicted octanol–water partition coefficient (Wildman–Crippen LogP) is 5.40. The Morgan fingerprint density at radius 3 is 2.15 bits per heavy atom. The first kappa shape index (κ1) is 30.2. The van der Waals surface area contributed by atoms with Crippen LogP contribution in [0.5, 0.6) is 0 Å². The molecule has 3 aromatic carbocycles. The zero-order valence-corrected chi connectivity index (χ0v) is 24.8. The van der Waals surface area contributed by atoms with E-state index in [0.717, 1.165) is 21.0 Å². The Bertz CT molecular complexity index is 1440. The normalized spacial score (nSPS) is 12.2. The Balaban J connectivity index is 2.08. The van der Waals surface area contributed by atoms with E-state index < -0.39 is 28.5 Å². The van der Waals surface area contributed by atoms with Crippen LogP contribution in [0.1, 0.15) is 43.0 Å². The molecule has 9 heteroatoms. The van der Waals surface area contributed by atoms with Crippen LogP contribution in [0.15, 0.2) is 71.6 Å². The molecule has 0 aliphatic rings. The van der Waals surface area contributed by atoms with Gasteiger partial charge in [0.15, 0.2) is 0 Å². The summed E-state index contributed by atoms with van der Waals surface area (Å²) in [6.07, 6.45) is 0. The van der Waals surface area contributed by atoms with Gasteiger partial charge in [-0.1, -0.05) is 65.2 Å². The van der Waals surface area contributed by atoms with Gasteiger partial charge in [-0.3, -0.25) is 13.9 Å². The van der Waals surface area contributed by atoms with Crippen molar-refractivity contribution in [1.29, 1.82) is 0 Å². The van der Waals surface area contributed by atoms with E-state index in [-0.39, 0.29) is 23.4 Å².